The first-order valence-electron chi connectivity index (χ1n) is 10.7. The molecule has 0 radical (unpaired) electrons. The number of likely N-dealkylation sites (tertiary alicyclic amines) is 1. The maximum Gasteiger partial charge on any atom is 0.0923 e. The Morgan fingerprint density at radius 2 is 1.93 bits per heavy atom. The highest BCUT2D eigenvalue weighted by atomic mass is 35.5. The van der Waals surface area contributed by atoms with Crippen LogP contribution in [0.25, 0.3) is 0 Å². The lowest BCUT2D eigenvalue weighted by Gasteiger charge is -2.42. The maximum atomic E-state index is 11.0. The average molecular weight is 403 g/mol. The molecule has 5 nitrogen and oxygen atoms in total. The molecule has 3 atom stereocenters. The van der Waals surface area contributed by atoms with E-state index >= 15 is 0 Å². The second-order valence-corrected chi connectivity index (χ2v) is 8.83. The van der Waals surface area contributed by atoms with E-state index in [9.17, 15) is 5.11 Å². The molecule has 1 aliphatic heterocycles. The third kappa shape index (κ3) is 4.58. The summed E-state index contributed by atoms with van der Waals surface area (Å²) in [6, 6.07) is 8.28. The van der Waals surface area contributed by atoms with Gasteiger partial charge in [0, 0.05) is 29.7 Å². The van der Waals surface area contributed by atoms with Gasteiger partial charge in [0.25, 0.3) is 0 Å². The van der Waals surface area contributed by atoms with Crippen molar-refractivity contribution in [3.05, 3.63) is 46.7 Å². The molecule has 4 rings (SSSR count). The summed E-state index contributed by atoms with van der Waals surface area (Å²) in [6.45, 7) is 4.08. The van der Waals surface area contributed by atoms with Crippen LogP contribution in [0.4, 0.5) is 0 Å². The van der Waals surface area contributed by atoms with Crippen LogP contribution in [0.1, 0.15) is 81.1 Å². The van der Waals surface area contributed by atoms with Gasteiger partial charge in [-0.2, -0.15) is 0 Å². The fraction of sp³-hybridized carbons (Fsp3) is 0.636. The molecule has 6 heteroatoms. The number of halogens is 1. The molecule has 152 valence electrons. The maximum absolute atomic E-state index is 11.0. The van der Waals surface area contributed by atoms with E-state index in [1.807, 2.05) is 16.8 Å². The number of benzene rings is 1. The van der Waals surface area contributed by atoms with E-state index in [0.717, 1.165) is 23.8 Å². The minimum absolute atomic E-state index is 0.0327. The molecule has 1 saturated carbocycles. The molecular weight excluding hydrogens is 372 g/mol. The Morgan fingerprint density at radius 3 is 2.64 bits per heavy atom. The monoisotopic (exact) mass is 402 g/mol. The second kappa shape index (κ2) is 8.93. The second-order valence-electron chi connectivity index (χ2n) is 8.39. The van der Waals surface area contributed by atoms with Crippen molar-refractivity contribution in [3.8, 4) is 0 Å². The fourth-order valence-electron chi connectivity index (χ4n) is 4.32. The van der Waals surface area contributed by atoms with Gasteiger partial charge < -0.3 is 5.11 Å². The molecule has 2 fully saturated rings. The lowest BCUT2D eigenvalue weighted by Crippen LogP contribution is -2.46. The lowest BCUT2D eigenvalue weighted by atomic mass is 9.90. The summed E-state index contributed by atoms with van der Waals surface area (Å²) in [5, 5.41) is 20.4. The van der Waals surface area contributed by atoms with E-state index in [2.05, 4.69) is 40.5 Å². The van der Waals surface area contributed by atoms with Crippen molar-refractivity contribution in [1.82, 2.24) is 19.9 Å². The first kappa shape index (κ1) is 19.9. The molecule has 2 aromatic rings. The Hall–Kier alpha value is -1.43. The van der Waals surface area contributed by atoms with Crippen LogP contribution in [-0.4, -0.2) is 44.2 Å². The van der Waals surface area contributed by atoms with Gasteiger partial charge in [-0.1, -0.05) is 55.1 Å². The van der Waals surface area contributed by atoms with Crippen molar-refractivity contribution in [2.24, 2.45) is 0 Å². The van der Waals surface area contributed by atoms with Gasteiger partial charge in [0.15, 0.2) is 0 Å². The van der Waals surface area contributed by atoms with Gasteiger partial charge in [0.1, 0.15) is 0 Å². The van der Waals surface area contributed by atoms with Crippen LogP contribution in [0, 0.1) is 0 Å². The Labute approximate surface area is 172 Å². The van der Waals surface area contributed by atoms with Gasteiger partial charge in [-0.3, -0.25) is 4.90 Å². The van der Waals surface area contributed by atoms with Crippen molar-refractivity contribution in [2.75, 3.05) is 13.1 Å². The zero-order valence-electron chi connectivity index (χ0n) is 16.7. The summed E-state index contributed by atoms with van der Waals surface area (Å²) < 4.78 is 1.91. The number of hydrogen-bond donors (Lipinski definition) is 1. The minimum Gasteiger partial charge on any atom is -0.391 e. The Bertz CT molecular complexity index is 758. The standard InChI is InChI=1S/C22H31ClN4O/c1-2-3-4-5-12-26-15-21(27-14-19(24-25-27)16-6-7-16)22(28)13-20(26)17-8-10-18(23)11-9-17/h8-11,14,16,20-22,28H,2-7,12-13,15H2,1H3/t20-,21+,22+/m0/s1. The van der Waals surface area contributed by atoms with E-state index in [0.29, 0.717) is 12.3 Å². The summed E-state index contributed by atoms with van der Waals surface area (Å²) in [5.74, 6) is 0.585. The number of aliphatic hydroxyl groups excluding tert-OH is 1. The number of unbranched alkanes of at least 4 members (excludes halogenated alkanes) is 3. The van der Waals surface area contributed by atoms with E-state index in [-0.39, 0.29) is 12.1 Å². The Kier molecular flexibility index (Phi) is 6.34. The third-order valence-corrected chi connectivity index (χ3v) is 6.44. The third-order valence-electron chi connectivity index (χ3n) is 6.19. The highest BCUT2D eigenvalue weighted by Gasteiger charge is 2.37. The summed E-state index contributed by atoms with van der Waals surface area (Å²) in [4.78, 5) is 2.52. The summed E-state index contributed by atoms with van der Waals surface area (Å²) in [5.41, 5.74) is 2.32. The first-order chi connectivity index (χ1) is 13.7. The summed E-state index contributed by atoms with van der Waals surface area (Å²) >= 11 is 6.09. The van der Waals surface area contributed by atoms with Gasteiger partial charge in [-0.15, -0.1) is 5.10 Å². The molecule has 1 saturated heterocycles. The molecule has 0 amide bonds. The first-order valence-corrected chi connectivity index (χ1v) is 11.1. The number of aromatic nitrogens is 3. The number of piperidine rings is 1. The van der Waals surface area contributed by atoms with Crippen LogP contribution in [0.15, 0.2) is 30.5 Å². The summed E-state index contributed by atoms with van der Waals surface area (Å²) in [6.07, 6.45) is 9.73. The fourth-order valence-corrected chi connectivity index (χ4v) is 4.45. The van der Waals surface area contributed by atoms with E-state index < -0.39 is 6.10 Å². The van der Waals surface area contributed by atoms with Crippen molar-refractivity contribution in [2.45, 2.75) is 76.0 Å². The highest BCUT2D eigenvalue weighted by molar-refractivity contribution is 6.30. The molecule has 0 bridgehead atoms. The molecule has 1 N–H and O–H groups in total. The normalized spacial score (nSPS) is 25.9. The lowest BCUT2D eigenvalue weighted by molar-refractivity contribution is -0.00775. The van der Waals surface area contributed by atoms with E-state index in [1.165, 1.54) is 44.1 Å². The number of hydrogen-bond acceptors (Lipinski definition) is 4. The average Bonchev–Trinajstić information content (AvgIpc) is 3.44. The van der Waals surface area contributed by atoms with Crippen LogP contribution in [0.2, 0.25) is 5.02 Å². The van der Waals surface area contributed by atoms with Gasteiger partial charge >= 0.3 is 0 Å². The molecule has 28 heavy (non-hydrogen) atoms. The van der Waals surface area contributed by atoms with E-state index in [1.54, 1.807) is 0 Å². The number of aliphatic hydroxyl groups is 1. The van der Waals surface area contributed by atoms with Crippen molar-refractivity contribution in [3.63, 3.8) is 0 Å². The number of rotatable bonds is 8. The molecule has 2 heterocycles. The van der Waals surface area contributed by atoms with Crippen LogP contribution in [-0.2, 0) is 0 Å². The van der Waals surface area contributed by atoms with Gasteiger partial charge in [0.05, 0.1) is 17.8 Å². The zero-order valence-corrected chi connectivity index (χ0v) is 17.4. The molecular formula is C22H31ClN4O. The molecule has 1 aromatic carbocycles. The van der Waals surface area contributed by atoms with E-state index in [4.69, 9.17) is 11.6 Å². The van der Waals surface area contributed by atoms with Crippen molar-refractivity contribution >= 4 is 11.6 Å². The predicted octanol–water partition coefficient (Wildman–Crippen LogP) is 4.74. The highest BCUT2D eigenvalue weighted by Crippen LogP contribution is 2.40. The zero-order chi connectivity index (χ0) is 19.5. The number of nitrogens with zero attached hydrogens (tertiary/aromatic N) is 4. The Morgan fingerprint density at radius 1 is 1.14 bits per heavy atom. The predicted molar refractivity (Wildman–Crippen MR) is 112 cm³/mol. The van der Waals surface area contributed by atoms with Crippen LogP contribution in [0.5, 0.6) is 0 Å². The van der Waals surface area contributed by atoms with Gasteiger partial charge in [0.2, 0.25) is 0 Å². The molecule has 0 spiro atoms. The van der Waals surface area contributed by atoms with Gasteiger partial charge in [-0.05, 0) is 49.9 Å². The van der Waals surface area contributed by atoms with Crippen LogP contribution in [0.3, 0.4) is 0 Å². The van der Waals surface area contributed by atoms with Crippen LogP contribution < -0.4 is 0 Å². The van der Waals surface area contributed by atoms with Gasteiger partial charge in [-0.25, -0.2) is 4.68 Å². The largest absolute Gasteiger partial charge is 0.391 e. The SMILES string of the molecule is CCCCCCN1C[C@@H](n2cc(C3CC3)nn2)[C@H](O)C[C@H]1c1ccc(Cl)cc1. The summed E-state index contributed by atoms with van der Waals surface area (Å²) in [7, 11) is 0. The quantitative estimate of drug-likeness (QED) is 0.648. The molecule has 1 aliphatic carbocycles. The molecule has 1 aromatic heterocycles. The van der Waals surface area contributed by atoms with Crippen molar-refractivity contribution in [1.29, 1.82) is 0 Å². The van der Waals surface area contributed by atoms with Crippen LogP contribution >= 0.6 is 11.6 Å². The van der Waals surface area contributed by atoms with Crippen molar-refractivity contribution < 1.29 is 5.11 Å². The minimum atomic E-state index is -0.429. The molecule has 0 unspecified atom stereocenters. The Balaban J connectivity index is 1.51. The topological polar surface area (TPSA) is 54.2 Å². The smallest absolute Gasteiger partial charge is 0.0923 e. The molecule has 2 aliphatic rings.